The van der Waals surface area contributed by atoms with Gasteiger partial charge >= 0.3 is 18.1 Å². The molecule has 0 saturated carbocycles. The first kappa shape index (κ1) is 18.5. The molecule has 6 nitrogen and oxygen atoms in total. The number of halogens is 4. The second-order valence-electron chi connectivity index (χ2n) is 4.23. The maximum absolute atomic E-state index is 12.7. The van der Waals surface area contributed by atoms with Crippen LogP contribution in [-0.4, -0.2) is 41.0 Å². The SMILES string of the molecule is CCOC(=O)Cn1nc(C)c(Br)c1N(CC)C(=O)C(F)(F)F. The molecule has 1 rings (SSSR count). The summed E-state index contributed by atoms with van der Waals surface area (Å²) in [5.74, 6) is -2.81. The smallest absolute Gasteiger partial charge is 0.465 e. The quantitative estimate of drug-likeness (QED) is 0.730. The minimum absolute atomic E-state index is 0.129. The molecular weight excluding hydrogens is 371 g/mol. The first-order chi connectivity index (χ1) is 10.1. The zero-order valence-electron chi connectivity index (χ0n) is 12.2. The van der Waals surface area contributed by atoms with Gasteiger partial charge in [0.1, 0.15) is 12.4 Å². The van der Waals surface area contributed by atoms with Crippen LogP contribution in [-0.2, 0) is 20.9 Å². The monoisotopic (exact) mass is 385 g/mol. The van der Waals surface area contributed by atoms with E-state index >= 15 is 0 Å². The van der Waals surface area contributed by atoms with Crippen LogP contribution >= 0.6 is 15.9 Å². The Balaban J connectivity index is 3.26. The molecule has 124 valence electrons. The van der Waals surface area contributed by atoms with Crippen molar-refractivity contribution in [3.8, 4) is 0 Å². The van der Waals surface area contributed by atoms with Crippen molar-refractivity contribution < 1.29 is 27.5 Å². The summed E-state index contributed by atoms with van der Waals surface area (Å²) < 4.78 is 44.1. The van der Waals surface area contributed by atoms with Gasteiger partial charge < -0.3 is 4.74 Å². The van der Waals surface area contributed by atoms with Crippen molar-refractivity contribution in [3.05, 3.63) is 10.2 Å². The number of ether oxygens (including phenoxy) is 1. The number of hydrogen-bond donors (Lipinski definition) is 0. The number of alkyl halides is 3. The summed E-state index contributed by atoms with van der Waals surface area (Å²) >= 11 is 3.11. The van der Waals surface area contributed by atoms with Crippen LogP contribution < -0.4 is 4.90 Å². The van der Waals surface area contributed by atoms with Gasteiger partial charge in [0.25, 0.3) is 0 Å². The Labute approximate surface area is 133 Å². The van der Waals surface area contributed by atoms with E-state index in [-0.39, 0.29) is 23.4 Å². The highest BCUT2D eigenvalue weighted by Gasteiger charge is 2.44. The van der Waals surface area contributed by atoms with Gasteiger partial charge in [-0.05, 0) is 36.7 Å². The Morgan fingerprint density at radius 2 is 1.95 bits per heavy atom. The van der Waals surface area contributed by atoms with E-state index in [1.807, 2.05) is 0 Å². The fourth-order valence-electron chi connectivity index (χ4n) is 1.79. The van der Waals surface area contributed by atoms with E-state index in [1.54, 1.807) is 13.8 Å². The van der Waals surface area contributed by atoms with Gasteiger partial charge in [-0.2, -0.15) is 18.3 Å². The van der Waals surface area contributed by atoms with E-state index in [0.29, 0.717) is 10.6 Å². The van der Waals surface area contributed by atoms with Crippen LogP contribution in [0, 0.1) is 6.92 Å². The molecule has 0 unspecified atom stereocenters. The number of esters is 1. The minimum atomic E-state index is -5.03. The molecule has 0 atom stereocenters. The standard InChI is InChI=1S/C12H15BrF3N3O3/c1-4-18(11(21)12(14,15)16)10-9(13)7(3)17-19(10)6-8(20)22-5-2/h4-6H2,1-3H3. The lowest BCUT2D eigenvalue weighted by atomic mass is 10.4. The first-order valence-corrected chi connectivity index (χ1v) is 7.19. The van der Waals surface area contributed by atoms with Gasteiger partial charge in [-0.1, -0.05) is 0 Å². The summed E-state index contributed by atoms with van der Waals surface area (Å²) in [6.45, 7) is 4.06. The second-order valence-corrected chi connectivity index (χ2v) is 5.03. The van der Waals surface area contributed by atoms with Gasteiger partial charge in [0, 0.05) is 6.54 Å². The lowest BCUT2D eigenvalue weighted by molar-refractivity contribution is -0.170. The first-order valence-electron chi connectivity index (χ1n) is 6.40. The third kappa shape index (κ3) is 3.99. The molecule has 10 heteroatoms. The number of aromatic nitrogens is 2. The molecule has 0 bridgehead atoms. The van der Waals surface area contributed by atoms with Crippen molar-refractivity contribution in [2.75, 3.05) is 18.1 Å². The van der Waals surface area contributed by atoms with Gasteiger partial charge in [-0.25, -0.2) is 4.68 Å². The van der Waals surface area contributed by atoms with Crippen molar-refractivity contribution >= 4 is 33.6 Å². The Bertz CT molecular complexity index is 572. The summed E-state index contributed by atoms with van der Waals surface area (Å²) in [4.78, 5) is 23.6. The Kier molecular flexibility index (Phi) is 5.98. The predicted molar refractivity (Wildman–Crippen MR) is 75.4 cm³/mol. The lowest BCUT2D eigenvalue weighted by Crippen LogP contribution is -2.42. The van der Waals surface area contributed by atoms with E-state index in [1.165, 1.54) is 6.92 Å². The van der Waals surface area contributed by atoms with Crippen LogP contribution in [0.1, 0.15) is 19.5 Å². The minimum Gasteiger partial charge on any atom is -0.465 e. The number of rotatable bonds is 5. The lowest BCUT2D eigenvalue weighted by Gasteiger charge is -2.23. The average Bonchev–Trinajstić information content (AvgIpc) is 2.66. The van der Waals surface area contributed by atoms with E-state index < -0.39 is 24.6 Å². The van der Waals surface area contributed by atoms with Crippen LogP contribution in [0.3, 0.4) is 0 Å². The van der Waals surface area contributed by atoms with Crippen molar-refractivity contribution in [2.24, 2.45) is 0 Å². The number of carbonyl (C=O) groups is 2. The van der Waals surface area contributed by atoms with Crippen molar-refractivity contribution in [1.82, 2.24) is 9.78 Å². The Morgan fingerprint density at radius 3 is 2.41 bits per heavy atom. The molecule has 22 heavy (non-hydrogen) atoms. The number of nitrogens with zero attached hydrogens (tertiary/aromatic N) is 3. The zero-order chi connectivity index (χ0) is 17.1. The van der Waals surface area contributed by atoms with Crippen LogP contribution in [0.15, 0.2) is 4.47 Å². The largest absolute Gasteiger partial charge is 0.471 e. The van der Waals surface area contributed by atoms with Crippen molar-refractivity contribution in [3.63, 3.8) is 0 Å². The number of aryl methyl sites for hydroxylation is 1. The fourth-order valence-corrected chi connectivity index (χ4v) is 2.29. The van der Waals surface area contributed by atoms with E-state index in [9.17, 15) is 22.8 Å². The summed E-state index contributed by atoms with van der Waals surface area (Å²) in [5.41, 5.74) is 0.354. The van der Waals surface area contributed by atoms with Gasteiger partial charge in [-0.3, -0.25) is 14.5 Å². The Morgan fingerprint density at radius 1 is 1.36 bits per heavy atom. The molecule has 1 heterocycles. The van der Waals surface area contributed by atoms with Crippen LogP contribution in [0.2, 0.25) is 0 Å². The highest BCUT2D eigenvalue weighted by atomic mass is 79.9. The summed E-state index contributed by atoms with van der Waals surface area (Å²) in [7, 11) is 0. The molecule has 1 aromatic heterocycles. The maximum atomic E-state index is 12.7. The molecule has 0 aliphatic carbocycles. The molecule has 0 N–H and O–H groups in total. The Hall–Kier alpha value is -1.58. The summed E-state index contributed by atoms with van der Waals surface area (Å²) in [6.07, 6.45) is -5.03. The van der Waals surface area contributed by atoms with Gasteiger partial charge in [0.15, 0.2) is 0 Å². The highest BCUT2D eigenvalue weighted by Crippen LogP contribution is 2.32. The molecule has 0 aliphatic heterocycles. The molecule has 0 radical (unpaired) electrons. The molecule has 1 aromatic rings. The third-order valence-corrected chi connectivity index (χ3v) is 3.60. The number of carbonyl (C=O) groups excluding carboxylic acids is 2. The molecule has 0 aliphatic rings. The topological polar surface area (TPSA) is 64.4 Å². The van der Waals surface area contributed by atoms with Gasteiger partial charge in [-0.15, -0.1) is 0 Å². The average molecular weight is 386 g/mol. The number of anilines is 1. The zero-order valence-corrected chi connectivity index (χ0v) is 13.8. The van der Waals surface area contributed by atoms with Gasteiger partial charge in [0.05, 0.1) is 16.8 Å². The third-order valence-electron chi connectivity index (χ3n) is 2.67. The molecule has 0 aromatic carbocycles. The fraction of sp³-hybridized carbons (Fsp3) is 0.583. The normalized spacial score (nSPS) is 11.4. The number of amides is 1. The molecule has 0 spiro atoms. The summed E-state index contributed by atoms with van der Waals surface area (Å²) in [5, 5.41) is 3.97. The maximum Gasteiger partial charge on any atom is 0.471 e. The van der Waals surface area contributed by atoms with Crippen molar-refractivity contribution in [2.45, 2.75) is 33.5 Å². The van der Waals surface area contributed by atoms with E-state index in [4.69, 9.17) is 4.74 Å². The molecule has 1 amide bonds. The van der Waals surface area contributed by atoms with Crippen LogP contribution in [0.25, 0.3) is 0 Å². The van der Waals surface area contributed by atoms with E-state index in [2.05, 4.69) is 21.0 Å². The van der Waals surface area contributed by atoms with Crippen LogP contribution in [0.4, 0.5) is 19.0 Å². The number of hydrogen-bond acceptors (Lipinski definition) is 4. The van der Waals surface area contributed by atoms with Crippen LogP contribution in [0.5, 0.6) is 0 Å². The van der Waals surface area contributed by atoms with Gasteiger partial charge in [0.2, 0.25) is 0 Å². The van der Waals surface area contributed by atoms with E-state index in [0.717, 1.165) is 4.68 Å². The second kappa shape index (κ2) is 7.12. The summed E-state index contributed by atoms with van der Waals surface area (Å²) in [6, 6.07) is 0. The van der Waals surface area contributed by atoms with Crippen molar-refractivity contribution in [1.29, 1.82) is 0 Å². The molecule has 0 saturated heterocycles. The highest BCUT2D eigenvalue weighted by molar-refractivity contribution is 9.10. The molecular formula is C12H15BrF3N3O3. The predicted octanol–water partition coefficient (Wildman–Crippen LogP) is 2.43. The molecule has 0 fully saturated rings.